The third kappa shape index (κ3) is 3.05. The van der Waals surface area contributed by atoms with Crippen LogP contribution in [0.4, 0.5) is 0 Å². The Morgan fingerprint density at radius 3 is 2.67 bits per heavy atom. The molecule has 6 N–H and O–H groups in total. The minimum Gasteiger partial charge on any atom is -0.512 e. The molecule has 0 saturated heterocycles. The summed E-state index contributed by atoms with van der Waals surface area (Å²) in [6.45, 7) is 0. The van der Waals surface area contributed by atoms with E-state index in [4.69, 9.17) is 21.1 Å². The number of aliphatic carboxylic acids is 1. The van der Waals surface area contributed by atoms with Crippen molar-refractivity contribution in [3.63, 3.8) is 0 Å². The predicted octanol–water partition coefficient (Wildman–Crippen LogP) is -0.759. The van der Waals surface area contributed by atoms with Crippen molar-refractivity contribution >= 4 is 5.97 Å². The number of hydrogen-bond donors (Lipinski definition) is 5. The van der Waals surface area contributed by atoms with Gasteiger partial charge < -0.3 is 26.2 Å². The third-order valence-electron chi connectivity index (χ3n) is 2.11. The molecule has 1 aliphatic rings. The molecule has 0 aliphatic heterocycles. The molecule has 1 rings (SSSR count). The van der Waals surface area contributed by atoms with Gasteiger partial charge in [0.25, 0.3) is 0 Å². The fourth-order valence-corrected chi connectivity index (χ4v) is 1.26. The topological polar surface area (TPSA) is 124 Å². The van der Waals surface area contributed by atoms with E-state index < -0.39 is 17.8 Å². The van der Waals surface area contributed by atoms with Crippen LogP contribution in [0, 0.1) is 0 Å². The zero-order valence-corrected chi connectivity index (χ0v) is 7.92. The molecule has 0 heterocycles. The van der Waals surface area contributed by atoms with Crippen molar-refractivity contribution in [3.05, 3.63) is 23.5 Å². The van der Waals surface area contributed by atoms with Crippen molar-refractivity contribution in [1.82, 2.24) is 0 Å². The molecule has 0 fully saturated rings. The van der Waals surface area contributed by atoms with Gasteiger partial charge >= 0.3 is 5.97 Å². The molecule has 0 radical (unpaired) electrons. The highest BCUT2D eigenvalue weighted by molar-refractivity contribution is 5.73. The monoisotopic (exact) mass is 215 g/mol. The Labute approximate surface area is 86.0 Å². The lowest BCUT2D eigenvalue weighted by Crippen LogP contribution is -2.32. The lowest BCUT2D eigenvalue weighted by Gasteiger charge is -2.23. The van der Waals surface area contributed by atoms with Crippen LogP contribution >= 0.6 is 0 Å². The van der Waals surface area contributed by atoms with Crippen LogP contribution in [0.3, 0.4) is 0 Å². The van der Waals surface area contributed by atoms with Crippen LogP contribution in [-0.4, -0.2) is 38.2 Å². The second kappa shape index (κ2) is 4.01. The molecule has 0 amide bonds. The molecule has 15 heavy (non-hydrogen) atoms. The highest BCUT2D eigenvalue weighted by Crippen LogP contribution is 2.25. The summed E-state index contributed by atoms with van der Waals surface area (Å²) in [6.07, 6.45) is 1.94. The Kier molecular flexibility index (Phi) is 3.13. The average molecular weight is 215 g/mol. The van der Waals surface area contributed by atoms with Gasteiger partial charge in [0, 0.05) is 6.42 Å². The minimum absolute atomic E-state index is 0.0479. The molecule has 0 aromatic heterocycles. The fourth-order valence-electron chi connectivity index (χ4n) is 1.26. The standard InChI is InChI=1S/C9H13NO5/c10-6(8(12)13)3-5-1-2-9(14,15)4-7(5)11/h1-2,6,11,14-15H,3-4,10H2,(H,12,13)/t6-/m0/s1. The van der Waals surface area contributed by atoms with Gasteiger partial charge in [0.05, 0.1) is 6.42 Å². The molecule has 0 aromatic carbocycles. The molecule has 0 spiro atoms. The zero-order chi connectivity index (χ0) is 11.6. The smallest absolute Gasteiger partial charge is 0.320 e. The van der Waals surface area contributed by atoms with Gasteiger partial charge in [-0.05, 0) is 11.6 Å². The molecular weight excluding hydrogens is 202 g/mol. The molecular formula is C9H13NO5. The normalized spacial score (nSPS) is 21.5. The Morgan fingerprint density at radius 2 is 2.20 bits per heavy atom. The second-order valence-corrected chi connectivity index (χ2v) is 3.51. The fraction of sp³-hybridized carbons (Fsp3) is 0.444. The molecule has 1 aliphatic carbocycles. The van der Waals surface area contributed by atoms with Gasteiger partial charge in [0.15, 0.2) is 5.79 Å². The average Bonchev–Trinajstić information content (AvgIpc) is 2.08. The largest absolute Gasteiger partial charge is 0.512 e. The van der Waals surface area contributed by atoms with E-state index >= 15 is 0 Å². The Balaban J connectivity index is 2.73. The molecule has 0 unspecified atom stereocenters. The summed E-state index contributed by atoms with van der Waals surface area (Å²) in [5, 5.41) is 36.2. The molecule has 1 atom stereocenters. The Hall–Kier alpha value is -1.37. The van der Waals surface area contributed by atoms with E-state index in [1.54, 1.807) is 0 Å². The number of rotatable bonds is 3. The molecule has 6 heteroatoms. The first kappa shape index (κ1) is 11.7. The number of aliphatic hydroxyl groups excluding tert-OH is 1. The Morgan fingerprint density at radius 1 is 1.60 bits per heavy atom. The maximum atomic E-state index is 10.5. The minimum atomic E-state index is -2.07. The van der Waals surface area contributed by atoms with Crippen molar-refractivity contribution in [1.29, 1.82) is 0 Å². The Bertz CT molecular complexity index is 331. The number of hydrogen-bond acceptors (Lipinski definition) is 5. The first-order chi connectivity index (χ1) is 6.82. The molecule has 0 bridgehead atoms. The van der Waals surface area contributed by atoms with Crippen LogP contribution in [0.5, 0.6) is 0 Å². The van der Waals surface area contributed by atoms with E-state index in [9.17, 15) is 9.90 Å². The maximum Gasteiger partial charge on any atom is 0.320 e. The maximum absolute atomic E-state index is 10.5. The second-order valence-electron chi connectivity index (χ2n) is 3.51. The first-order valence-corrected chi connectivity index (χ1v) is 4.35. The van der Waals surface area contributed by atoms with Crippen molar-refractivity contribution < 1.29 is 25.2 Å². The number of carboxylic acid groups (broad SMARTS) is 1. The van der Waals surface area contributed by atoms with Gasteiger partial charge in [-0.15, -0.1) is 0 Å². The van der Waals surface area contributed by atoms with Crippen molar-refractivity contribution in [3.8, 4) is 0 Å². The van der Waals surface area contributed by atoms with Crippen LogP contribution in [0.25, 0.3) is 0 Å². The summed E-state index contributed by atoms with van der Waals surface area (Å²) in [6, 6.07) is -1.11. The number of allylic oxidation sites excluding steroid dienone is 1. The van der Waals surface area contributed by atoms with E-state index in [1.807, 2.05) is 0 Å². The van der Waals surface area contributed by atoms with Crippen LogP contribution < -0.4 is 5.73 Å². The van der Waals surface area contributed by atoms with E-state index in [-0.39, 0.29) is 18.6 Å². The SMILES string of the molecule is N[C@@H](CC1=C(O)CC(O)(O)C=C1)C(=O)O. The number of carboxylic acids is 1. The van der Waals surface area contributed by atoms with Crippen molar-refractivity contribution in [2.75, 3.05) is 0 Å². The molecule has 0 aromatic rings. The zero-order valence-electron chi connectivity index (χ0n) is 7.92. The summed E-state index contributed by atoms with van der Waals surface area (Å²) < 4.78 is 0. The van der Waals surface area contributed by atoms with Crippen LogP contribution in [-0.2, 0) is 4.79 Å². The summed E-state index contributed by atoms with van der Waals surface area (Å²) in [4.78, 5) is 10.5. The van der Waals surface area contributed by atoms with E-state index in [2.05, 4.69) is 0 Å². The van der Waals surface area contributed by atoms with Crippen LogP contribution in [0.1, 0.15) is 12.8 Å². The van der Waals surface area contributed by atoms with Gasteiger partial charge in [0.2, 0.25) is 0 Å². The van der Waals surface area contributed by atoms with Gasteiger partial charge in [0.1, 0.15) is 11.8 Å². The molecule has 0 saturated carbocycles. The van der Waals surface area contributed by atoms with Crippen molar-refractivity contribution in [2.24, 2.45) is 5.73 Å². The van der Waals surface area contributed by atoms with Crippen molar-refractivity contribution in [2.45, 2.75) is 24.7 Å². The van der Waals surface area contributed by atoms with Crippen LogP contribution in [0.15, 0.2) is 23.5 Å². The van der Waals surface area contributed by atoms with Crippen LogP contribution in [0.2, 0.25) is 0 Å². The number of nitrogens with two attached hydrogens (primary N) is 1. The number of aliphatic hydroxyl groups is 3. The van der Waals surface area contributed by atoms with Gasteiger partial charge in [-0.2, -0.15) is 0 Å². The third-order valence-corrected chi connectivity index (χ3v) is 2.11. The first-order valence-electron chi connectivity index (χ1n) is 4.35. The summed E-state index contributed by atoms with van der Waals surface area (Å²) in [7, 11) is 0. The van der Waals surface area contributed by atoms with Gasteiger partial charge in [-0.1, -0.05) is 6.08 Å². The van der Waals surface area contributed by atoms with E-state index in [0.29, 0.717) is 5.57 Å². The molecule has 84 valence electrons. The van der Waals surface area contributed by atoms with E-state index in [1.165, 1.54) is 6.08 Å². The molecule has 6 nitrogen and oxygen atoms in total. The lowest BCUT2D eigenvalue weighted by molar-refractivity contribution is -0.138. The quantitative estimate of drug-likeness (QED) is 0.394. The van der Waals surface area contributed by atoms with E-state index in [0.717, 1.165) is 6.08 Å². The lowest BCUT2D eigenvalue weighted by atomic mass is 9.95. The summed E-state index contributed by atoms with van der Waals surface area (Å²) >= 11 is 0. The number of carbonyl (C=O) groups is 1. The van der Waals surface area contributed by atoms with Gasteiger partial charge in [-0.25, -0.2) is 0 Å². The summed E-state index contributed by atoms with van der Waals surface area (Å²) in [5.74, 6) is -3.49. The predicted molar refractivity (Wildman–Crippen MR) is 50.8 cm³/mol. The highest BCUT2D eigenvalue weighted by atomic mass is 16.5. The summed E-state index contributed by atoms with van der Waals surface area (Å²) in [5.41, 5.74) is 5.58. The van der Waals surface area contributed by atoms with Gasteiger partial charge in [-0.3, -0.25) is 4.79 Å². The highest BCUT2D eigenvalue weighted by Gasteiger charge is 2.27.